The Kier molecular flexibility index (Phi) is 5.08. The SMILES string of the molecule is O=C(Cc1ccccc1F)c1ccc(-c2cccc(O[B]O)c2)s1. The van der Waals surface area contributed by atoms with Crippen LogP contribution in [0, 0.1) is 5.82 Å². The second-order valence-corrected chi connectivity index (χ2v) is 6.19. The maximum absolute atomic E-state index is 13.7. The van der Waals surface area contributed by atoms with Gasteiger partial charge in [-0.2, -0.15) is 0 Å². The Morgan fingerprint density at radius 3 is 2.75 bits per heavy atom. The van der Waals surface area contributed by atoms with Gasteiger partial charge in [-0.05, 0) is 41.5 Å². The van der Waals surface area contributed by atoms with Crippen LogP contribution in [0.15, 0.2) is 60.7 Å². The molecule has 0 bridgehead atoms. The zero-order chi connectivity index (χ0) is 16.9. The third-order valence-corrected chi connectivity index (χ3v) is 4.67. The van der Waals surface area contributed by atoms with Crippen LogP contribution in [0.25, 0.3) is 10.4 Å². The molecule has 1 aromatic heterocycles. The van der Waals surface area contributed by atoms with Crippen LogP contribution < -0.4 is 4.65 Å². The highest BCUT2D eigenvalue weighted by Crippen LogP contribution is 2.31. The number of rotatable bonds is 6. The average molecular weight is 339 g/mol. The van der Waals surface area contributed by atoms with Gasteiger partial charge in [0.05, 0.1) is 4.88 Å². The van der Waals surface area contributed by atoms with Gasteiger partial charge in [0, 0.05) is 11.3 Å². The molecule has 0 fully saturated rings. The lowest BCUT2D eigenvalue weighted by molar-refractivity contribution is 0.0995. The van der Waals surface area contributed by atoms with E-state index in [4.69, 9.17) is 9.68 Å². The monoisotopic (exact) mass is 339 g/mol. The number of carbonyl (C=O) groups is 1. The van der Waals surface area contributed by atoms with Gasteiger partial charge in [-0.15, -0.1) is 11.3 Å². The second kappa shape index (κ2) is 7.42. The molecule has 1 N–H and O–H groups in total. The number of halogens is 1. The lowest BCUT2D eigenvalue weighted by atomic mass is 10.1. The average Bonchev–Trinajstić information content (AvgIpc) is 3.08. The molecule has 0 spiro atoms. The fraction of sp³-hybridized carbons (Fsp3) is 0.0556. The number of ketones is 1. The molecular weight excluding hydrogens is 326 g/mol. The molecule has 3 aromatic rings. The van der Waals surface area contributed by atoms with Gasteiger partial charge in [-0.25, -0.2) is 4.39 Å². The van der Waals surface area contributed by atoms with Crippen molar-refractivity contribution in [1.82, 2.24) is 0 Å². The largest absolute Gasteiger partial charge is 0.569 e. The summed E-state index contributed by atoms with van der Waals surface area (Å²) in [6.45, 7) is 0. The molecule has 3 rings (SSSR count). The molecule has 0 aliphatic heterocycles. The van der Waals surface area contributed by atoms with Gasteiger partial charge in [0.2, 0.25) is 0 Å². The van der Waals surface area contributed by atoms with E-state index in [2.05, 4.69) is 0 Å². The van der Waals surface area contributed by atoms with E-state index in [-0.39, 0.29) is 18.0 Å². The number of Topliss-reactive ketones (excluding diaryl/α,β-unsaturated/α-hetero) is 1. The van der Waals surface area contributed by atoms with Crippen molar-refractivity contribution in [1.29, 1.82) is 0 Å². The molecule has 2 aromatic carbocycles. The number of thiophene rings is 1. The van der Waals surface area contributed by atoms with Gasteiger partial charge in [0.25, 0.3) is 0 Å². The molecule has 0 aliphatic carbocycles. The number of carbonyl (C=O) groups excluding carboxylic acids is 1. The third kappa shape index (κ3) is 3.72. The van der Waals surface area contributed by atoms with Gasteiger partial charge in [-0.1, -0.05) is 30.3 Å². The van der Waals surface area contributed by atoms with E-state index in [0.717, 1.165) is 10.4 Å². The lowest BCUT2D eigenvalue weighted by Gasteiger charge is -2.03. The van der Waals surface area contributed by atoms with Crippen molar-refractivity contribution in [3.8, 4) is 16.2 Å². The maximum Gasteiger partial charge on any atom is 0.569 e. The van der Waals surface area contributed by atoms with Gasteiger partial charge in [-0.3, -0.25) is 4.79 Å². The number of hydrogen-bond donors (Lipinski definition) is 1. The summed E-state index contributed by atoms with van der Waals surface area (Å²) in [5.41, 5.74) is 1.27. The smallest absolute Gasteiger partial charge is 0.537 e. The summed E-state index contributed by atoms with van der Waals surface area (Å²) in [7, 11) is 0.622. The van der Waals surface area contributed by atoms with Crippen LogP contribution in [0.4, 0.5) is 4.39 Å². The molecule has 0 saturated heterocycles. The first-order valence-electron chi connectivity index (χ1n) is 7.27. The minimum atomic E-state index is -0.368. The fourth-order valence-electron chi connectivity index (χ4n) is 2.33. The van der Waals surface area contributed by atoms with Gasteiger partial charge < -0.3 is 9.68 Å². The summed E-state index contributed by atoms with van der Waals surface area (Å²) in [5.74, 6) is 0.0165. The highest BCUT2D eigenvalue weighted by atomic mass is 32.1. The molecule has 0 saturated carbocycles. The van der Waals surface area contributed by atoms with Crippen LogP contribution >= 0.6 is 11.3 Å². The molecule has 1 radical (unpaired) electrons. The van der Waals surface area contributed by atoms with Crippen LogP contribution in [0.2, 0.25) is 0 Å². The van der Waals surface area contributed by atoms with Crippen molar-refractivity contribution in [2.75, 3.05) is 0 Å². The summed E-state index contributed by atoms with van der Waals surface area (Å²) >= 11 is 1.35. The molecule has 0 amide bonds. The standard InChI is InChI=1S/C18H13BFO3S/c20-15-7-2-1-4-12(15)11-16(21)18-9-8-17(24-18)13-5-3-6-14(10-13)23-19-22/h1-10,22H,11H2. The molecule has 0 aliphatic rings. The lowest BCUT2D eigenvalue weighted by Crippen LogP contribution is -2.02. The molecular formula is C18H13BFO3S. The van der Waals surface area contributed by atoms with Gasteiger partial charge in [0.1, 0.15) is 11.6 Å². The highest BCUT2D eigenvalue weighted by Gasteiger charge is 2.13. The van der Waals surface area contributed by atoms with Crippen LogP contribution in [0.5, 0.6) is 5.75 Å². The third-order valence-electron chi connectivity index (χ3n) is 3.50. The van der Waals surface area contributed by atoms with E-state index < -0.39 is 0 Å². The number of hydrogen-bond acceptors (Lipinski definition) is 4. The second-order valence-electron chi connectivity index (χ2n) is 5.11. The maximum atomic E-state index is 13.7. The van der Waals surface area contributed by atoms with E-state index in [0.29, 0.717) is 23.9 Å². The molecule has 0 unspecified atom stereocenters. The Labute approximate surface area is 143 Å². The topological polar surface area (TPSA) is 46.5 Å². The first-order valence-corrected chi connectivity index (χ1v) is 8.08. The molecule has 3 nitrogen and oxygen atoms in total. The van der Waals surface area contributed by atoms with Crippen LogP contribution in [0.1, 0.15) is 15.2 Å². The minimum absolute atomic E-state index is 0.0370. The van der Waals surface area contributed by atoms with Crippen LogP contribution in [0.3, 0.4) is 0 Å². The van der Waals surface area contributed by atoms with Gasteiger partial charge >= 0.3 is 7.69 Å². The minimum Gasteiger partial charge on any atom is -0.537 e. The van der Waals surface area contributed by atoms with E-state index in [1.165, 1.54) is 17.4 Å². The van der Waals surface area contributed by atoms with Crippen molar-refractivity contribution in [3.63, 3.8) is 0 Å². The van der Waals surface area contributed by atoms with Crippen LogP contribution in [-0.2, 0) is 6.42 Å². The number of benzene rings is 2. The predicted molar refractivity (Wildman–Crippen MR) is 92.8 cm³/mol. The summed E-state index contributed by atoms with van der Waals surface area (Å²) in [5, 5.41) is 8.70. The highest BCUT2D eigenvalue weighted by molar-refractivity contribution is 7.17. The quantitative estimate of drug-likeness (QED) is 0.548. The first kappa shape index (κ1) is 16.4. The van der Waals surface area contributed by atoms with E-state index in [1.54, 1.807) is 42.5 Å². The Hall–Kier alpha value is -2.44. The first-order chi connectivity index (χ1) is 11.7. The Bertz CT molecular complexity index is 863. The summed E-state index contributed by atoms with van der Waals surface area (Å²) < 4.78 is 18.6. The van der Waals surface area contributed by atoms with E-state index in [1.807, 2.05) is 12.1 Å². The zero-order valence-electron chi connectivity index (χ0n) is 12.6. The van der Waals surface area contributed by atoms with E-state index in [9.17, 15) is 9.18 Å². The van der Waals surface area contributed by atoms with E-state index >= 15 is 0 Å². The predicted octanol–water partition coefficient (Wildman–Crippen LogP) is 3.88. The van der Waals surface area contributed by atoms with Crippen molar-refractivity contribution in [2.24, 2.45) is 0 Å². The Balaban J connectivity index is 1.79. The summed E-state index contributed by atoms with van der Waals surface area (Å²) in [4.78, 5) is 13.8. The van der Waals surface area contributed by atoms with Crippen LogP contribution in [-0.4, -0.2) is 18.5 Å². The Morgan fingerprint density at radius 1 is 1.12 bits per heavy atom. The molecule has 119 valence electrons. The fourth-order valence-corrected chi connectivity index (χ4v) is 3.27. The summed E-state index contributed by atoms with van der Waals surface area (Å²) in [6, 6.07) is 17.1. The Morgan fingerprint density at radius 2 is 1.96 bits per heavy atom. The van der Waals surface area contributed by atoms with Crippen molar-refractivity contribution >= 4 is 24.8 Å². The van der Waals surface area contributed by atoms with Gasteiger partial charge in [0.15, 0.2) is 5.78 Å². The van der Waals surface area contributed by atoms with Crippen molar-refractivity contribution in [2.45, 2.75) is 6.42 Å². The zero-order valence-corrected chi connectivity index (χ0v) is 13.4. The van der Waals surface area contributed by atoms with Crippen molar-refractivity contribution in [3.05, 3.63) is 76.9 Å². The molecule has 24 heavy (non-hydrogen) atoms. The molecule has 6 heteroatoms. The molecule has 0 atom stereocenters. The molecule has 1 heterocycles. The normalized spacial score (nSPS) is 10.4. The van der Waals surface area contributed by atoms with Crippen molar-refractivity contribution < 1.29 is 18.9 Å². The summed E-state index contributed by atoms with van der Waals surface area (Å²) in [6.07, 6.45) is 0.0370.